The van der Waals surface area contributed by atoms with E-state index in [1.165, 1.54) is 0 Å². The lowest BCUT2D eigenvalue weighted by atomic mass is 10.2. The summed E-state index contributed by atoms with van der Waals surface area (Å²) >= 11 is 0. The summed E-state index contributed by atoms with van der Waals surface area (Å²) in [6, 6.07) is 5.01. The van der Waals surface area contributed by atoms with E-state index >= 15 is 0 Å². The summed E-state index contributed by atoms with van der Waals surface area (Å²) in [5.74, 6) is 0.0769. The van der Waals surface area contributed by atoms with Gasteiger partial charge in [0.1, 0.15) is 5.75 Å². The van der Waals surface area contributed by atoms with E-state index in [2.05, 4.69) is 10.9 Å². The molecule has 0 unspecified atom stereocenters. The molecule has 1 aromatic carbocycles. The molecule has 0 saturated carbocycles. The molecule has 5 heteroatoms. The van der Waals surface area contributed by atoms with Crippen LogP contribution in [-0.2, 0) is 0 Å². The predicted molar refractivity (Wildman–Crippen MR) is 50.4 cm³/mol. The zero-order chi connectivity index (χ0) is 9.26. The van der Waals surface area contributed by atoms with Crippen molar-refractivity contribution in [2.45, 2.75) is 0 Å². The van der Waals surface area contributed by atoms with Crippen molar-refractivity contribution in [3.63, 3.8) is 0 Å². The van der Waals surface area contributed by atoms with Crippen molar-refractivity contribution >= 4 is 11.4 Å². The second-order valence-corrected chi connectivity index (χ2v) is 2.67. The van der Waals surface area contributed by atoms with Crippen molar-refractivity contribution in [2.75, 3.05) is 10.9 Å². The van der Waals surface area contributed by atoms with Crippen LogP contribution < -0.4 is 21.7 Å². The first-order chi connectivity index (χ1) is 6.27. The maximum Gasteiger partial charge on any atom is 0.140 e. The number of rotatable bonds is 1. The molecule has 0 spiro atoms. The molecule has 1 aliphatic heterocycles. The van der Waals surface area contributed by atoms with E-state index in [1.54, 1.807) is 35.7 Å². The monoisotopic (exact) mass is 178 g/mol. The van der Waals surface area contributed by atoms with E-state index < -0.39 is 0 Å². The van der Waals surface area contributed by atoms with Crippen molar-refractivity contribution in [1.82, 2.24) is 10.9 Å². The topological polar surface area (TPSA) is 73.5 Å². The lowest BCUT2D eigenvalue weighted by Crippen LogP contribution is -2.37. The Bertz CT molecular complexity index is 342. The number of nitrogen functional groups attached to an aromatic ring is 1. The highest BCUT2D eigenvalue weighted by molar-refractivity contribution is 5.61. The van der Waals surface area contributed by atoms with Crippen LogP contribution in [0.1, 0.15) is 0 Å². The van der Waals surface area contributed by atoms with Gasteiger partial charge in [-0.15, -0.1) is 0 Å². The van der Waals surface area contributed by atoms with Gasteiger partial charge in [-0.1, -0.05) is 0 Å². The number of nitrogens with one attached hydrogen (secondary N) is 2. The Hall–Kier alpha value is -2.04. The van der Waals surface area contributed by atoms with Crippen LogP contribution in [0.4, 0.5) is 11.4 Å². The van der Waals surface area contributed by atoms with Crippen LogP contribution in [0.15, 0.2) is 30.6 Å². The van der Waals surface area contributed by atoms with Crippen LogP contribution in [-0.4, -0.2) is 5.11 Å². The minimum atomic E-state index is 0.0769. The quantitative estimate of drug-likeness (QED) is 0.367. The van der Waals surface area contributed by atoms with E-state index in [9.17, 15) is 5.11 Å². The Morgan fingerprint density at radius 1 is 1.23 bits per heavy atom. The number of benzene rings is 1. The van der Waals surface area contributed by atoms with Crippen molar-refractivity contribution in [1.29, 1.82) is 0 Å². The van der Waals surface area contributed by atoms with Gasteiger partial charge < -0.3 is 10.8 Å². The highest BCUT2D eigenvalue weighted by atomic mass is 16.3. The minimum absolute atomic E-state index is 0.0769. The molecule has 0 fully saturated rings. The van der Waals surface area contributed by atoms with E-state index in [0.29, 0.717) is 5.69 Å². The molecule has 0 amide bonds. The van der Waals surface area contributed by atoms with Gasteiger partial charge in [-0.05, 0) is 12.1 Å². The number of phenols is 1. The van der Waals surface area contributed by atoms with Crippen LogP contribution in [0.2, 0.25) is 0 Å². The first kappa shape index (κ1) is 7.60. The van der Waals surface area contributed by atoms with Gasteiger partial charge in [-0.25, -0.2) is 0 Å². The molecule has 1 aromatic rings. The number of hydrogen-bond donors (Lipinski definition) is 4. The smallest absolute Gasteiger partial charge is 0.140 e. The van der Waals surface area contributed by atoms with Gasteiger partial charge >= 0.3 is 0 Å². The Morgan fingerprint density at radius 2 is 1.92 bits per heavy atom. The van der Waals surface area contributed by atoms with Gasteiger partial charge in [0.2, 0.25) is 0 Å². The van der Waals surface area contributed by atoms with E-state index in [1.807, 2.05) is 0 Å². The van der Waals surface area contributed by atoms with E-state index in [4.69, 9.17) is 5.73 Å². The van der Waals surface area contributed by atoms with Crippen molar-refractivity contribution in [2.24, 2.45) is 0 Å². The summed E-state index contributed by atoms with van der Waals surface area (Å²) in [4.78, 5) is 0. The predicted octanol–water partition coefficient (Wildman–Crippen LogP) is 0.275. The molecule has 0 bridgehead atoms. The molecule has 68 valence electrons. The summed E-state index contributed by atoms with van der Waals surface area (Å²) < 4.78 is 0. The molecule has 1 aliphatic rings. The first-order valence-electron chi connectivity index (χ1n) is 3.83. The Morgan fingerprint density at radius 3 is 2.54 bits per heavy atom. The average Bonchev–Trinajstić information content (AvgIpc) is 2.62. The third-order valence-corrected chi connectivity index (χ3v) is 1.76. The minimum Gasteiger partial charge on any atom is -0.506 e. The molecular formula is C8H10N4O. The summed E-state index contributed by atoms with van der Waals surface area (Å²) in [7, 11) is 0. The van der Waals surface area contributed by atoms with Gasteiger partial charge in [0.05, 0.1) is 11.4 Å². The third kappa shape index (κ3) is 1.31. The molecule has 0 atom stereocenters. The second-order valence-electron chi connectivity index (χ2n) is 2.67. The molecule has 0 saturated heterocycles. The zero-order valence-electron chi connectivity index (χ0n) is 6.86. The van der Waals surface area contributed by atoms with Crippen LogP contribution in [0.3, 0.4) is 0 Å². The lowest BCUT2D eigenvalue weighted by molar-refractivity contribution is 0.477. The molecule has 5 N–H and O–H groups in total. The SMILES string of the molecule is Nc1ccc(N2NC=CN2)cc1O. The standard InChI is InChI=1S/C8H10N4O/c9-7-2-1-6(5-8(7)13)12-10-3-4-11-12/h1-5,10-11,13H,9H2. The fourth-order valence-corrected chi connectivity index (χ4v) is 1.08. The number of anilines is 2. The maximum absolute atomic E-state index is 9.33. The van der Waals surface area contributed by atoms with Crippen molar-refractivity contribution in [3.8, 4) is 5.75 Å². The molecule has 0 radical (unpaired) electrons. The number of hydrazine groups is 2. The Kier molecular flexibility index (Phi) is 1.63. The van der Waals surface area contributed by atoms with E-state index in [-0.39, 0.29) is 5.75 Å². The fraction of sp³-hybridized carbons (Fsp3) is 0. The summed E-state index contributed by atoms with van der Waals surface area (Å²) in [6.07, 6.45) is 3.49. The third-order valence-electron chi connectivity index (χ3n) is 1.76. The van der Waals surface area contributed by atoms with Crippen molar-refractivity contribution < 1.29 is 5.11 Å². The molecular weight excluding hydrogens is 168 g/mol. The summed E-state index contributed by atoms with van der Waals surface area (Å²) in [5, 5.41) is 11.0. The van der Waals surface area contributed by atoms with Crippen LogP contribution in [0.5, 0.6) is 5.75 Å². The normalized spacial score (nSPS) is 14.0. The average molecular weight is 178 g/mol. The van der Waals surface area contributed by atoms with Gasteiger partial charge in [0.25, 0.3) is 0 Å². The Balaban J connectivity index is 2.26. The zero-order valence-corrected chi connectivity index (χ0v) is 6.86. The molecule has 2 rings (SSSR count). The molecule has 0 aliphatic carbocycles. The Labute approximate surface area is 75.4 Å². The number of nitrogens with zero attached hydrogens (tertiary/aromatic N) is 1. The van der Waals surface area contributed by atoms with Gasteiger partial charge in [0, 0.05) is 18.5 Å². The summed E-state index contributed by atoms with van der Waals surface area (Å²) in [5.41, 5.74) is 12.4. The maximum atomic E-state index is 9.33. The molecule has 0 aromatic heterocycles. The molecule has 1 heterocycles. The van der Waals surface area contributed by atoms with Gasteiger partial charge in [-0.2, -0.15) is 5.12 Å². The van der Waals surface area contributed by atoms with Gasteiger partial charge in [0.15, 0.2) is 0 Å². The van der Waals surface area contributed by atoms with Crippen LogP contribution in [0, 0.1) is 0 Å². The molecule has 13 heavy (non-hydrogen) atoms. The largest absolute Gasteiger partial charge is 0.506 e. The summed E-state index contributed by atoms with van der Waals surface area (Å²) in [6.45, 7) is 0. The van der Waals surface area contributed by atoms with Gasteiger partial charge in [-0.3, -0.25) is 10.9 Å². The van der Waals surface area contributed by atoms with Crippen molar-refractivity contribution in [3.05, 3.63) is 30.6 Å². The number of phenolic OH excluding ortho intramolecular Hbond substituents is 1. The first-order valence-corrected chi connectivity index (χ1v) is 3.83. The lowest BCUT2D eigenvalue weighted by Gasteiger charge is -2.18. The molecule has 5 nitrogen and oxygen atoms in total. The second kappa shape index (κ2) is 2.78. The van der Waals surface area contributed by atoms with Crippen LogP contribution >= 0.6 is 0 Å². The fourth-order valence-electron chi connectivity index (χ4n) is 1.08. The van der Waals surface area contributed by atoms with Crippen LogP contribution in [0.25, 0.3) is 0 Å². The number of nitrogens with two attached hydrogens (primary N) is 1. The number of aromatic hydroxyl groups is 1. The number of hydrogen-bond acceptors (Lipinski definition) is 5. The highest BCUT2D eigenvalue weighted by Crippen LogP contribution is 2.25. The highest BCUT2D eigenvalue weighted by Gasteiger charge is 2.07. The van der Waals surface area contributed by atoms with E-state index in [0.717, 1.165) is 5.69 Å².